The minimum absolute atomic E-state index is 0.0132. The normalized spacial score (nSPS) is 16.9. The summed E-state index contributed by atoms with van der Waals surface area (Å²) in [5.41, 5.74) is 9.28. The maximum Gasteiger partial charge on any atom is 0.328 e. The second kappa shape index (κ2) is 17.9. The maximum absolute atomic E-state index is 14.1. The van der Waals surface area contributed by atoms with Crippen LogP contribution >= 0.6 is 0 Å². The highest BCUT2D eigenvalue weighted by Gasteiger charge is 2.34. The lowest BCUT2D eigenvalue weighted by molar-refractivity contribution is -0.145. The molecule has 3 aromatic carbocycles. The number of aromatic hydroxyl groups is 2. The molecule has 3 atom stereocenters. The molecule has 312 valence electrons. The van der Waals surface area contributed by atoms with E-state index in [9.17, 15) is 34.2 Å². The first-order valence-electron chi connectivity index (χ1n) is 19.0. The number of ether oxygens (including phenoxy) is 2. The first kappa shape index (κ1) is 43.6. The van der Waals surface area contributed by atoms with Crippen LogP contribution in [0.15, 0.2) is 54.6 Å². The van der Waals surface area contributed by atoms with Crippen LogP contribution in [-0.2, 0) is 35.8 Å². The summed E-state index contributed by atoms with van der Waals surface area (Å²) < 4.78 is 10.6. The second-order valence-electron chi connectivity index (χ2n) is 15.4. The standard InChI is InChI=1S/C43H51N7O9/c1-22-35(23(2)47-38(46-22)26-9-12-28(13-10-26)43(4,5)6)40(55)45-21-34(52)50(7)36-27-11-14-32(51)29(20-27)30-17-25(19-33(37(30)53)59-16-15-44)18-31(42(57)58-8)49-39(54)24(3)48-41(36)56/h9-14,17,19-20,24,31,36,51,53H,15-16,18,21,44H2,1-8H3,(H,45,55)(H,48,56)(H,49,54)/t24-,31-,36-/m0/s1. The number of methoxy groups -OCH3 is 1. The molecule has 1 aliphatic rings. The summed E-state index contributed by atoms with van der Waals surface area (Å²) in [6.45, 7) is 10.7. The number of nitrogens with one attached hydrogen (secondary N) is 3. The summed E-state index contributed by atoms with van der Waals surface area (Å²) in [6, 6.07) is 11.2. The fraction of sp³-hybridized carbons (Fsp3) is 0.372. The third-order valence-electron chi connectivity index (χ3n) is 10.1. The molecule has 4 aromatic rings. The van der Waals surface area contributed by atoms with E-state index in [4.69, 9.17) is 15.2 Å². The summed E-state index contributed by atoms with van der Waals surface area (Å²) in [5.74, 6) is -3.82. The van der Waals surface area contributed by atoms with Gasteiger partial charge in [-0.15, -0.1) is 0 Å². The smallest absolute Gasteiger partial charge is 0.328 e. The number of benzene rings is 3. The van der Waals surface area contributed by atoms with Crippen molar-refractivity contribution >= 4 is 29.6 Å². The molecule has 4 amide bonds. The highest BCUT2D eigenvalue weighted by molar-refractivity contribution is 5.99. The van der Waals surface area contributed by atoms with Crippen LogP contribution in [0.3, 0.4) is 0 Å². The molecular formula is C43H51N7O9. The van der Waals surface area contributed by atoms with Gasteiger partial charge in [0.2, 0.25) is 17.7 Å². The fourth-order valence-corrected chi connectivity index (χ4v) is 6.79. The molecule has 5 rings (SSSR count). The van der Waals surface area contributed by atoms with E-state index in [0.717, 1.165) is 23.1 Å². The molecule has 0 spiro atoms. The number of aromatic nitrogens is 2. The Hall–Kier alpha value is -6.55. The van der Waals surface area contributed by atoms with Crippen LogP contribution in [0.25, 0.3) is 22.5 Å². The molecule has 4 bridgehead atoms. The van der Waals surface area contributed by atoms with Crippen LogP contribution in [0.4, 0.5) is 0 Å². The number of aryl methyl sites for hydroxylation is 2. The van der Waals surface area contributed by atoms with Gasteiger partial charge in [0.25, 0.3) is 5.91 Å². The quantitative estimate of drug-likeness (QED) is 0.134. The largest absolute Gasteiger partial charge is 0.507 e. The van der Waals surface area contributed by atoms with Gasteiger partial charge in [0.15, 0.2) is 17.3 Å². The Morgan fingerprint density at radius 2 is 1.61 bits per heavy atom. The molecule has 0 saturated heterocycles. The molecule has 7 N–H and O–H groups in total. The lowest BCUT2D eigenvalue weighted by Gasteiger charge is -2.30. The minimum Gasteiger partial charge on any atom is -0.507 e. The number of rotatable bonds is 9. The molecular weight excluding hydrogens is 759 g/mol. The molecule has 1 aliphatic heterocycles. The number of carbonyl (C=O) groups excluding carboxylic acids is 5. The number of carbonyl (C=O) groups is 5. The number of amides is 4. The van der Waals surface area contributed by atoms with Crippen LogP contribution in [0.2, 0.25) is 0 Å². The van der Waals surface area contributed by atoms with Crippen molar-refractivity contribution in [3.8, 4) is 39.8 Å². The van der Waals surface area contributed by atoms with E-state index in [2.05, 4.69) is 46.7 Å². The predicted molar refractivity (Wildman–Crippen MR) is 218 cm³/mol. The van der Waals surface area contributed by atoms with Gasteiger partial charge >= 0.3 is 5.97 Å². The summed E-state index contributed by atoms with van der Waals surface area (Å²) in [7, 11) is 2.51. The van der Waals surface area contributed by atoms with E-state index in [1.165, 1.54) is 44.3 Å². The zero-order chi connectivity index (χ0) is 43.3. The van der Waals surface area contributed by atoms with E-state index in [1.807, 2.05) is 24.3 Å². The number of hydrogen-bond acceptors (Lipinski definition) is 12. The van der Waals surface area contributed by atoms with Crippen molar-refractivity contribution in [2.45, 2.75) is 71.5 Å². The van der Waals surface area contributed by atoms with Crippen molar-refractivity contribution in [2.75, 3.05) is 33.9 Å². The van der Waals surface area contributed by atoms with Gasteiger partial charge in [0, 0.05) is 36.7 Å². The number of phenols is 2. The first-order valence-corrected chi connectivity index (χ1v) is 19.0. The number of phenolic OH excluding ortho intramolecular Hbond substituents is 2. The Labute approximate surface area is 342 Å². The summed E-state index contributed by atoms with van der Waals surface area (Å²) >= 11 is 0. The number of nitrogens with two attached hydrogens (primary N) is 1. The zero-order valence-corrected chi connectivity index (χ0v) is 34.4. The molecule has 0 saturated carbocycles. The van der Waals surface area contributed by atoms with Gasteiger partial charge < -0.3 is 46.3 Å². The Balaban J connectivity index is 1.47. The molecule has 0 radical (unpaired) electrons. The van der Waals surface area contributed by atoms with Crippen molar-refractivity contribution in [3.05, 3.63) is 88.2 Å². The number of nitrogens with zero attached hydrogens (tertiary/aromatic N) is 3. The SMILES string of the molecule is COC(=O)[C@@H]1Cc2cc(OCCN)c(O)c(c2)-c2cc(ccc2O)[C@H](N(C)C(=O)CNC(=O)c2c(C)nc(-c3ccc(C(C)(C)C)cc3)nc2C)C(=O)N[C@@H](C)C(=O)N1. The lowest BCUT2D eigenvalue weighted by Crippen LogP contribution is -2.53. The average Bonchev–Trinajstić information content (AvgIpc) is 3.19. The Bertz CT molecular complexity index is 2250. The maximum atomic E-state index is 14.1. The number of fused-ring (bicyclic) bond motifs is 5. The van der Waals surface area contributed by atoms with Crippen molar-refractivity contribution in [2.24, 2.45) is 5.73 Å². The Kier molecular flexibility index (Phi) is 13.2. The van der Waals surface area contributed by atoms with Crippen molar-refractivity contribution in [1.82, 2.24) is 30.8 Å². The number of hydrogen-bond donors (Lipinski definition) is 6. The van der Waals surface area contributed by atoms with E-state index in [1.54, 1.807) is 13.8 Å². The second-order valence-corrected chi connectivity index (χ2v) is 15.4. The topological polar surface area (TPSA) is 235 Å². The van der Waals surface area contributed by atoms with Crippen LogP contribution in [0, 0.1) is 13.8 Å². The lowest BCUT2D eigenvalue weighted by atomic mass is 9.86. The molecule has 16 heteroatoms. The van der Waals surface area contributed by atoms with E-state index in [0.29, 0.717) is 22.8 Å². The first-order chi connectivity index (χ1) is 27.8. The molecule has 1 aromatic heterocycles. The summed E-state index contributed by atoms with van der Waals surface area (Å²) in [6.07, 6.45) is -0.113. The highest BCUT2D eigenvalue weighted by Crippen LogP contribution is 2.43. The molecule has 59 heavy (non-hydrogen) atoms. The van der Waals surface area contributed by atoms with Crippen LogP contribution < -0.4 is 26.4 Å². The fourth-order valence-electron chi connectivity index (χ4n) is 6.79. The molecule has 0 unspecified atom stereocenters. The molecule has 16 nitrogen and oxygen atoms in total. The summed E-state index contributed by atoms with van der Waals surface area (Å²) in [4.78, 5) is 78.0. The van der Waals surface area contributed by atoms with E-state index < -0.39 is 54.3 Å². The number of likely N-dealkylation sites (N-methyl/N-ethyl adjacent to an activating group) is 1. The van der Waals surface area contributed by atoms with Crippen LogP contribution in [-0.4, -0.2) is 101 Å². The summed E-state index contributed by atoms with van der Waals surface area (Å²) in [5, 5.41) is 30.3. The zero-order valence-electron chi connectivity index (χ0n) is 34.4. The molecule has 2 heterocycles. The Morgan fingerprint density at radius 3 is 2.22 bits per heavy atom. The predicted octanol–water partition coefficient (Wildman–Crippen LogP) is 3.12. The van der Waals surface area contributed by atoms with Gasteiger partial charge in [-0.2, -0.15) is 0 Å². The highest BCUT2D eigenvalue weighted by atomic mass is 16.5. The third kappa shape index (κ3) is 9.77. The Morgan fingerprint density at radius 1 is 0.949 bits per heavy atom. The van der Waals surface area contributed by atoms with Crippen LogP contribution in [0.1, 0.15) is 72.2 Å². The van der Waals surface area contributed by atoms with Crippen molar-refractivity contribution in [3.63, 3.8) is 0 Å². The van der Waals surface area contributed by atoms with E-state index >= 15 is 0 Å². The monoisotopic (exact) mass is 809 g/mol. The van der Waals surface area contributed by atoms with Gasteiger partial charge in [-0.3, -0.25) is 19.2 Å². The average molecular weight is 810 g/mol. The van der Waals surface area contributed by atoms with E-state index in [-0.39, 0.29) is 64.5 Å². The molecule has 0 aliphatic carbocycles. The van der Waals surface area contributed by atoms with Gasteiger partial charge in [0.05, 0.1) is 30.6 Å². The third-order valence-corrected chi connectivity index (χ3v) is 10.1. The van der Waals surface area contributed by atoms with Gasteiger partial charge in [0.1, 0.15) is 30.5 Å². The minimum atomic E-state index is -1.43. The van der Waals surface area contributed by atoms with Crippen molar-refractivity contribution < 1.29 is 43.7 Å². The van der Waals surface area contributed by atoms with Crippen LogP contribution in [0.5, 0.6) is 17.2 Å². The van der Waals surface area contributed by atoms with Gasteiger partial charge in [-0.1, -0.05) is 51.1 Å². The van der Waals surface area contributed by atoms with Gasteiger partial charge in [-0.05, 0) is 67.1 Å². The van der Waals surface area contributed by atoms with Crippen molar-refractivity contribution in [1.29, 1.82) is 0 Å². The van der Waals surface area contributed by atoms with Gasteiger partial charge in [-0.25, -0.2) is 14.8 Å². The number of esters is 1. The molecule has 0 fully saturated rings.